The Bertz CT molecular complexity index is 1210. The number of fused-ring (bicyclic) bond motifs is 3. The lowest BCUT2D eigenvalue weighted by atomic mass is 10.0. The molecule has 1 aromatic carbocycles. The molecule has 0 spiro atoms. The number of likely N-dealkylation sites (N-methyl/N-ethyl adjacent to an activating group) is 1. The summed E-state index contributed by atoms with van der Waals surface area (Å²) < 4.78 is 5.55. The maximum absolute atomic E-state index is 5.55. The third-order valence-corrected chi connectivity index (χ3v) is 6.03. The van der Waals surface area contributed by atoms with E-state index in [1.54, 1.807) is 0 Å². The lowest BCUT2D eigenvalue weighted by Crippen LogP contribution is -2.46. The number of nitrogens with one attached hydrogen (secondary N) is 1. The van der Waals surface area contributed by atoms with Gasteiger partial charge < -0.3 is 19.6 Å². The van der Waals surface area contributed by atoms with Gasteiger partial charge in [-0.1, -0.05) is 25.9 Å². The van der Waals surface area contributed by atoms with Crippen molar-refractivity contribution in [3.63, 3.8) is 0 Å². The van der Waals surface area contributed by atoms with Crippen LogP contribution in [-0.2, 0) is 6.42 Å². The molecule has 0 bridgehead atoms. The molecule has 5 rings (SSSR count). The van der Waals surface area contributed by atoms with Gasteiger partial charge in [-0.3, -0.25) is 0 Å². The molecule has 1 saturated heterocycles. The van der Waals surface area contributed by atoms with Crippen molar-refractivity contribution in [2.75, 3.05) is 42.9 Å². The number of hydrogen-bond donors (Lipinski definition) is 1. The van der Waals surface area contributed by atoms with Crippen LogP contribution in [0.2, 0.25) is 0 Å². The predicted octanol–water partition coefficient (Wildman–Crippen LogP) is 4.25. The molecule has 0 radical (unpaired) electrons. The average Bonchev–Trinajstić information content (AvgIpc) is 3.22. The Morgan fingerprint density at radius 2 is 1.88 bits per heavy atom. The zero-order chi connectivity index (χ0) is 22.1. The quantitative estimate of drug-likeness (QED) is 0.485. The highest BCUT2D eigenvalue weighted by Crippen LogP contribution is 2.29. The zero-order valence-corrected chi connectivity index (χ0v) is 18.9. The van der Waals surface area contributed by atoms with Crippen LogP contribution in [0.4, 0.5) is 17.5 Å². The molecule has 32 heavy (non-hydrogen) atoms. The van der Waals surface area contributed by atoms with Gasteiger partial charge in [-0.2, -0.15) is 0 Å². The summed E-state index contributed by atoms with van der Waals surface area (Å²) in [5, 5.41) is 9.47. The number of hydrogen-bond acceptors (Lipinski definition) is 8. The highest BCUT2D eigenvalue weighted by atomic mass is 16.5. The summed E-state index contributed by atoms with van der Waals surface area (Å²) in [7, 11) is 0. The minimum absolute atomic E-state index is 0.477. The number of nitrogens with zero attached hydrogens (tertiary/aromatic N) is 6. The van der Waals surface area contributed by atoms with Crippen LogP contribution in [0.3, 0.4) is 0 Å². The van der Waals surface area contributed by atoms with Crippen LogP contribution in [-0.4, -0.2) is 57.7 Å². The first-order valence-electron chi connectivity index (χ1n) is 11.3. The Morgan fingerprint density at radius 3 is 2.59 bits per heavy atom. The van der Waals surface area contributed by atoms with Crippen molar-refractivity contribution in [2.45, 2.75) is 27.2 Å². The van der Waals surface area contributed by atoms with Crippen LogP contribution in [0, 0.1) is 5.92 Å². The summed E-state index contributed by atoms with van der Waals surface area (Å²) in [5.41, 5.74) is 3.69. The van der Waals surface area contributed by atoms with Crippen molar-refractivity contribution < 1.29 is 4.52 Å². The van der Waals surface area contributed by atoms with Gasteiger partial charge in [0.05, 0.1) is 28.5 Å². The van der Waals surface area contributed by atoms with Crippen LogP contribution >= 0.6 is 0 Å². The third kappa shape index (κ3) is 4.10. The standard InChI is InChI=1S/C24H29N7O/c1-4-30-9-11-31(12-10-30)18-6-8-21(25-15-18)27-24-26-14-17-5-7-20-22(23(17)28-24)19(29-32-20)13-16(2)3/h5-8,14-16H,4,9-13H2,1-3H3,(H,25,26,27,28). The van der Waals surface area contributed by atoms with Gasteiger partial charge in [-0.15, -0.1) is 0 Å². The second-order valence-electron chi connectivity index (χ2n) is 8.75. The molecular weight excluding hydrogens is 402 g/mol. The topological polar surface area (TPSA) is 83.2 Å². The van der Waals surface area contributed by atoms with Gasteiger partial charge in [0.15, 0.2) is 5.58 Å². The van der Waals surface area contributed by atoms with E-state index in [2.05, 4.69) is 57.1 Å². The van der Waals surface area contributed by atoms with Crippen molar-refractivity contribution in [2.24, 2.45) is 5.92 Å². The molecule has 8 heteroatoms. The fraction of sp³-hybridized carbons (Fsp3) is 0.417. The maximum atomic E-state index is 5.55. The number of aromatic nitrogens is 4. The SMILES string of the molecule is CCN1CCN(c2ccc(Nc3ncc4ccc5onc(CC(C)C)c5c4n3)nc2)CC1. The molecule has 0 aliphatic carbocycles. The van der Waals surface area contributed by atoms with E-state index in [-0.39, 0.29) is 0 Å². The summed E-state index contributed by atoms with van der Waals surface area (Å²) in [4.78, 5) is 18.7. The molecular formula is C24H29N7O. The summed E-state index contributed by atoms with van der Waals surface area (Å²) in [6.45, 7) is 11.9. The monoisotopic (exact) mass is 431 g/mol. The first-order valence-corrected chi connectivity index (χ1v) is 11.3. The molecule has 4 heterocycles. The number of piperazine rings is 1. The van der Waals surface area contributed by atoms with Crippen LogP contribution in [0.25, 0.3) is 21.9 Å². The van der Waals surface area contributed by atoms with E-state index in [0.29, 0.717) is 11.9 Å². The van der Waals surface area contributed by atoms with Gasteiger partial charge in [-0.25, -0.2) is 15.0 Å². The Kier molecular flexibility index (Phi) is 5.61. The number of benzene rings is 1. The summed E-state index contributed by atoms with van der Waals surface area (Å²) in [6, 6.07) is 8.00. The van der Waals surface area contributed by atoms with Crippen LogP contribution in [0.1, 0.15) is 26.5 Å². The van der Waals surface area contributed by atoms with Crippen LogP contribution in [0.5, 0.6) is 0 Å². The van der Waals surface area contributed by atoms with E-state index in [1.807, 2.05) is 30.6 Å². The molecule has 0 saturated carbocycles. The molecule has 8 nitrogen and oxygen atoms in total. The number of pyridine rings is 1. The van der Waals surface area contributed by atoms with Crippen molar-refractivity contribution in [3.8, 4) is 0 Å². The highest BCUT2D eigenvalue weighted by Gasteiger charge is 2.17. The first-order chi connectivity index (χ1) is 15.6. The van der Waals surface area contributed by atoms with Gasteiger partial charge in [0.1, 0.15) is 5.82 Å². The Morgan fingerprint density at radius 1 is 1.03 bits per heavy atom. The normalized spacial score (nSPS) is 15.2. The van der Waals surface area contributed by atoms with Crippen molar-refractivity contribution in [3.05, 3.63) is 42.4 Å². The molecule has 1 fully saturated rings. The summed E-state index contributed by atoms with van der Waals surface area (Å²) >= 11 is 0. The van der Waals surface area contributed by atoms with E-state index in [9.17, 15) is 0 Å². The highest BCUT2D eigenvalue weighted by molar-refractivity contribution is 6.04. The molecule has 1 aliphatic heterocycles. The average molecular weight is 432 g/mol. The van der Waals surface area contributed by atoms with Crippen molar-refractivity contribution in [1.82, 2.24) is 25.0 Å². The van der Waals surface area contributed by atoms with E-state index in [1.165, 1.54) is 0 Å². The molecule has 0 unspecified atom stereocenters. The Labute approximate surface area is 187 Å². The summed E-state index contributed by atoms with van der Waals surface area (Å²) in [5.74, 6) is 1.71. The largest absolute Gasteiger partial charge is 0.368 e. The van der Waals surface area contributed by atoms with Gasteiger partial charge in [-0.05, 0) is 43.1 Å². The second-order valence-corrected chi connectivity index (χ2v) is 8.75. The van der Waals surface area contributed by atoms with E-state index < -0.39 is 0 Å². The third-order valence-electron chi connectivity index (χ3n) is 6.03. The fourth-order valence-corrected chi connectivity index (χ4v) is 4.25. The zero-order valence-electron chi connectivity index (χ0n) is 18.9. The Balaban J connectivity index is 1.38. The number of rotatable bonds is 6. The maximum Gasteiger partial charge on any atom is 0.228 e. The molecule has 166 valence electrons. The van der Waals surface area contributed by atoms with Gasteiger partial charge in [0.2, 0.25) is 5.95 Å². The smallest absolute Gasteiger partial charge is 0.228 e. The van der Waals surface area contributed by atoms with Gasteiger partial charge in [0.25, 0.3) is 0 Å². The van der Waals surface area contributed by atoms with Crippen molar-refractivity contribution >= 4 is 39.3 Å². The Hall–Kier alpha value is -3.26. The minimum Gasteiger partial charge on any atom is -0.368 e. The van der Waals surface area contributed by atoms with Crippen LogP contribution in [0.15, 0.2) is 41.2 Å². The molecule has 3 aromatic heterocycles. The molecule has 4 aromatic rings. The lowest BCUT2D eigenvalue weighted by Gasteiger charge is -2.35. The second kappa shape index (κ2) is 8.70. The number of anilines is 3. The molecule has 1 N–H and O–H groups in total. The molecule has 0 amide bonds. The van der Waals surface area contributed by atoms with E-state index in [0.717, 1.165) is 78.2 Å². The lowest BCUT2D eigenvalue weighted by molar-refractivity contribution is 0.271. The van der Waals surface area contributed by atoms with Gasteiger partial charge >= 0.3 is 0 Å². The fourth-order valence-electron chi connectivity index (χ4n) is 4.25. The first kappa shape index (κ1) is 20.6. The van der Waals surface area contributed by atoms with Gasteiger partial charge in [0, 0.05) is 37.8 Å². The van der Waals surface area contributed by atoms with E-state index >= 15 is 0 Å². The summed E-state index contributed by atoms with van der Waals surface area (Å²) in [6.07, 6.45) is 4.59. The van der Waals surface area contributed by atoms with Crippen molar-refractivity contribution in [1.29, 1.82) is 0 Å². The minimum atomic E-state index is 0.477. The predicted molar refractivity (Wildman–Crippen MR) is 127 cm³/mol. The molecule has 0 atom stereocenters. The molecule has 1 aliphatic rings. The van der Waals surface area contributed by atoms with Crippen LogP contribution < -0.4 is 10.2 Å². The van der Waals surface area contributed by atoms with E-state index in [4.69, 9.17) is 9.51 Å².